The number of anilines is 1. The van der Waals surface area contributed by atoms with Gasteiger partial charge in [-0.05, 0) is 35.1 Å². The Kier molecular flexibility index (Phi) is 14.6. The van der Waals surface area contributed by atoms with Crippen LogP contribution in [-0.4, -0.2) is 18.0 Å². The number of thioether (sulfide) groups is 1. The molecule has 0 aliphatic carbocycles. The average Bonchev–Trinajstić information content (AvgIpc) is 2.55. The fourth-order valence-corrected chi connectivity index (χ4v) is 2.89. The smallest absolute Gasteiger partial charge is 0.159 e. The van der Waals surface area contributed by atoms with E-state index in [1.165, 1.54) is 17.3 Å². The molecule has 0 aliphatic heterocycles. The van der Waals surface area contributed by atoms with Crippen molar-refractivity contribution in [2.45, 2.75) is 20.0 Å². The van der Waals surface area contributed by atoms with Gasteiger partial charge < -0.3 is 16.4 Å². The lowest BCUT2D eigenvalue weighted by molar-refractivity contribution is 0.904. The predicted molar refractivity (Wildman–Crippen MR) is 124 cm³/mol. The van der Waals surface area contributed by atoms with Crippen LogP contribution >= 0.6 is 49.0 Å². The van der Waals surface area contributed by atoms with E-state index in [1.54, 1.807) is 0 Å². The number of rotatable bonds is 6. The van der Waals surface area contributed by atoms with Crippen molar-refractivity contribution in [3.8, 4) is 0 Å². The maximum Gasteiger partial charge on any atom is 0.159 e. The first-order chi connectivity index (χ1) is 11.1. The Morgan fingerprint density at radius 3 is 2.31 bits per heavy atom. The topological polar surface area (TPSA) is 67.6 Å². The molecule has 4 nitrogen and oxygen atoms in total. The largest absolute Gasteiger partial charge is 0.378 e. The molecule has 0 spiro atoms. The number of halogens is 3. The van der Waals surface area contributed by atoms with Gasteiger partial charge in [0.05, 0.1) is 5.69 Å². The first kappa shape index (κ1) is 27.1. The lowest BCUT2D eigenvalue weighted by Crippen LogP contribution is -2.18. The average molecular weight is 438 g/mol. The van der Waals surface area contributed by atoms with Crippen LogP contribution in [-0.2, 0) is 13.1 Å². The van der Waals surface area contributed by atoms with Gasteiger partial charge in [0.1, 0.15) is 0 Å². The Bertz CT molecular complexity index is 669. The van der Waals surface area contributed by atoms with Crippen LogP contribution in [0.15, 0.2) is 53.5 Å². The molecule has 0 fully saturated rings. The van der Waals surface area contributed by atoms with E-state index in [4.69, 9.17) is 11.5 Å². The molecule has 2 aromatic carbocycles. The number of hydrogen-bond acceptors (Lipinski definition) is 4. The Hall–Kier alpha value is -1.11. The number of hydrogen-bond donors (Lipinski definition) is 2. The van der Waals surface area contributed by atoms with E-state index in [0.29, 0.717) is 11.7 Å². The molecule has 0 heterocycles. The molecule has 0 aromatic heterocycles. The number of amidine groups is 1. The normalized spacial score (nSPS) is 10.2. The summed E-state index contributed by atoms with van der Waals surface area (Å²) in [6.07, 6.45) is 0. The van der Waals surface area contributed by atoms with Crippen LogP contribution in [0.5, 0.6) is 0 Å². The third kappa shape index (κ3) is 8.06. The molecule has 2 rings (SSSR count). The van der Waals surface area contributed by atoms with E-state index < -0.39 is 0 Å². The van der Waals surface area contributed by atoms with Gasteiger partial charge in [0.2, 0.25) is 0 Å². The van der Waals surface area contributed by atoms with Crippen LogP contribution in [0.3, 0.4) is 0 Å². The molecule has 0 aliphatic rings. The van der Waals surface area contributed by atoms with Crippen molar-refractivity contribution in [2.75, 3.05) is 17.7 Å². The molecule has 146 valence electrons. The Morgan fingerprint density at radius 2 is 1.73 bits per heavy atom. The van der Waals surface area contributed by atoms with Crippen LogP contribution in [0.4, 0.5) is 11.4 Å². The second-order valence-electron chi connectivity index (χ2n) is 5.24. The van der Waals surface area contributed by atoms with Gasteiger partial charge in [-0.1, -0.05) is 49.0 Å². The molecule has 0 saturated carbocycles. The summed E-state index contributed by atoms with van der Waals surface area (Å²) in [4.78, 5) is 6.63. The second kappa shape index (κ2) is 14.0. The first-order valence-electron chi connectivity index (χ1n) is 7.69. The van der Waals surface area contributed by atoms with Crippen LogP contribution in [0.25, 0.3) is 0 Å². The Labute approximate surface area is 179 Å². The van der Waals surface area contributed by atoms with Gasteiger partial charge in [-0.2, -0.15) is 0 Å². The highest BCUT2D eigenvalue weighted by atomic mass is 35.5. The molecule has 0 bridgehead atoms. The summed E-state index contributed by atoms with van der Waals surface area (Å²) in [5.41, 5.74) is 16.1. The molecule has 0 amide bonds. The zero-order valence-corrected chi connectivity index (χ0v) is 18.2. The third-order valence-corrected chi connectivity index (χ3v) is 4.16. The zero-order valence-electron chi connectivity index (χ0n) is 14.9. The summed E-state index contributed by atoms with van der Waals surface area (Å²) in [5.74, 6) is 0.914. The van der Waals surface area contributed by atoms with Crippen molar-refractivity contribution in [2.24, 2.45) is 16.5 Å². The lowest BCUT2D eigenvalue weighted by atomic mass is 10.1. The van der Waals surface area contributed by atoms with Crippen molar-refractivity contribution >= 4 is 65.5 Å². The highest BCUT2D eigenvalue weighted by molar-refractivity contribution is 8.13. The molecule has 0 unspecified atom stereocenters. The van der Waals surface area contributed by atoms with Gasteiger partial charge in [0, 0.05) is 25.8 Å². The van der Waals surface area contributed by atoms with E-state index in [1.807, 2.05) is 18.2 Å². The third-order valence-electron chi connectivity index (χ3n) is 3.49. The highest BCUT2D eigenvalue weighted by Crippen LogP contribution is 2.26. The van der Waals surface area contributed by atoms with Crippen molar-refractivity contribution < 1.29 is 0 Å². The van der Waals surface area contributed by atoms with Gasteiger partial charge in [-0.25, -0.2) is 4.99 Å². The lowest BCUT2D eigenvalue weighted by Gasteiger charge is -2.22. The summed E-state index contributed by atoms with van der Waals surface area (Å²) in [5, 5.41) is 0.584. The molecule has 4 N–H and O–H groups in total. The van der Waals surface area contributed by atoms with E-state index in [2.05, 4.69) is 54.2 Å². The van der Waals surface area contributed by atoms with Crippen LogP contribution in [0, 0.1) is 0 Å². The van der Waals surface area contributed by atoms with Crippen molar-refractivity contribution in [1.82, 2.24) is 0 Å². The predicted octanol–water partition coefficient (Wildman–Crippen LogP) is 4.75. The molecular weight excluding hydrogens is 411 g/mol. The summed E-state index contributed by atoms with van der Waals surface area (Å²) >= 11 is 1.54. The van der Waals surface area contributed by atoms with Crippen LogP contribution < -0.4 is 16.4 Å². The van der Waals surface area contributed by atoms with Gasteiger partial charge in [0.15, 0.2) is 5.17 Å². The number of nitrogens with two attached hydrogens (primary N) is 2. The maximum absolute atomic E-state index is 5.93. The van der Waals surface area contributed by atoms with Crippen molar-refractivity contribution in [3.63, 3.8) is 0 Å². The van der Waals surface area contributed by atoms with E-state index in [9.17, 15) is 0 Å². The molecule has 8 heteroatoms. The molecule has 26 heavy (non-hydrogen) atoms. The maximum atomic E-state index is 5.93. The first-order valence-corrected chi connectivity index (χ1v) is 8.67. The molecule has 0 saturated heterocycles. The zero-order chi connectivity index (χ0) is 16.7. The van der Waals surface area contributed by atoms with Gasteiger partial charge in [-0.15, -0.1) is 37.2 Å². The number of benzene rings is 2. The minimum absolute atomic E-state index is 0. The van der Waals surface area contributed by atoms with E-state index in [0.717, 1.165) is 29.2 Å². The minimum Gasteiger partial charge on any atom is -0.378 e. The standard InChI is InChI=1S/C18H24N4S.3ClH/c1-3-23-18(20)21-16-9-10-17(15(11-16)12-19)22(2)13-14-7-5-4-6-8-14;;;/h4-11H,3,12-13,19H2,1-2H3,(H2,20,21);3*1H. The fourth-order valence-electron chi connectivity index (χ4n) is 2.43. The van der Waals surface area contributed by atoms with Crippen LogP contribution in [0.1, 0.15) is 18.1 Å². The minimum atomic E-state index is 0. The quantitative estimate of drug-likeness (QED) is 0.505. The molecule has 0 radical (unpaired) electrons. The summed E-state index contributed by atoms with van der Waals surface area (Å²) in [6.45, 7) is 3.36. The summed E-state index contributed by atoms with van der Waals surface area (Å²) in [6, 6.07) is 16.4. The number of aliphatic imine (C=N–C) groups is 1. The van der Waals surface area contributed by atoms with Gasteiger partial charge in [0.25, 0.3) is 0 Å². The highest BCUT2D eigenvalue weighted by Gasteiger charge is 2.08. The monoisotopic (exact) mass is 436 g/mol. The van der Waals surface area contributed by atoms with Gasteiger partial charge >= 0.3 is 0 Å². The van der Waals surface area contributed by atoms with Gasteiger partial charge in [-0.3, -0.25) is 0 Å². The number of nitrogens with zero attached hydrogens (tertiary/aromatic N) is 2. The van der Waals surface area contributed by atoms with Crippen molar-refractivity contribution in [1.29, 1.82) is 0 Å². The van der Waals surface area contributed by atoms with E-state index >= 15 is 0 Å². The molecule has 2 aromatic rings. The second-order valence-corrected chi connectivity index (χ2v) is 6.53. The summed E-state index contributed by atoms with van der Waals surface area (Å²) < 4.78 is 0. The Balaban J connectivity index is 0. The Morgan fingerprint density at radius 1 is 1.08 bits per heavy atom. The summed E-state index contributed by atoms with van der Waals surface area (Å²) in [7, 11) is 2.08. The molecule has 0 atom stereocenters. The SMILES string of the molecule is CCSC(N)=Nc1ccc(N(C)Cc2ccccc2)c(CN)c1.Cl.Cl.Cl. The van der Waals surface area contributed by atoms with Crippen LogP contribution in [0.2, 0.25) is 0 Å². The van der Waals surface area contributed by atoms with E-state index in [-0.39, 0.29) is 37.2 Å². The van der Waals surface area contributed by atoms with Crippen molar-refractivity contribution in [3.05, 3.63) is 59.7 Å². The molecular formula is C18H27Cl3N4S. The fraction of sp³-hybridized carbons (Fsp3) is 0.278.